The average molecular weight is 433 g/mol. The fraction of sp³-hybridized carbons (Fsp3) is 0.136. The van der Waals surface area contributed by atoms with Gasteiger partial charge in [-0.1, -0.05) is 0 Å². The molecule has 3 rings (SSSR count). The number of halogens is 1. The summed E-state index contributed by atoms with van der Waals surface area (Å²) in [4.78, 5) is 9.00. The van der Waals surface area contributed by atoms with Gasteiger partial charge in [0.1, 0.15) is 0 Å². The second-order valence-corrected chi connectivity index (χ2v) is 10.1. The van der Waals surface area contributed by atoms with Crippen molar-refractivity contribution in [2.45, 2.75) is 13.8 Å². The first-order valence-electron chi connectivity index (χ1n) is 8.47. The molecule has 0 amide bonds. The van der Waals surface area contributed by atoms with E-state index in [0.717, 1.165) is 6.92 Å². The zero-order chi connectivity index (χ0) is 18.1. The monoisotopic (exact) mass is 432 g/mol. The van der Waals surface area contributed by atoms with E-state index in [1.54, 1.807) is 0 Å². The Labute approximate surface area is 167 Å². The normalized spacial score (nSPS) is 10.7. The molecular formula is C22H26BrO2P. The molecule has 26 heavy (non-hydrogen) atoms. The Hall–Kier alpha value is -1.96. The van der Waals surface area contributed by atoms with Crippen LogP contribution in [0, 0.1) is 0 Å². The third-order valence-electron chi connectivity index (χ3n) is 4.33. The molecule has 0 fully saturated rings. The van der Waals surface area contributed by atoms with Gasteiger partial charge in [0, 0.05) is 6.92 Å². The molecule has 3 aromatic rings. The maximum atomic E-state index is 9.00. The number of benzene rings is 3. The molecule has 0 aliphatic heterocycles. The molecule has 0 bridgehead atoms. The van der Waals surface area contributed by atoms with Crippen LogP contribution in [-0.4, -0.2) is 17.2 Å². The molecule has 0 heterocycles. The van der Waals surface area contributed by atoms with Crippen LogP contribution in [0.2, 0.25) is 0 Å². The molecule has 0 aliphatic carbocycles. The Bertz CT molecular complexity index is 676. The molecule has 0 atom stereocenters. The minimum atomic E-state index is -1.90. The summed E-state index contributed by atoms with van der Waals surface area (Å²) in [5.41, 5.74) is 0. The minimum absolute atomic E-state index is 0. The van der Waals surface area contributed by atoms with Crippen molar-refractivity contribution in [2.75, 3.05) is 6.16 Å². The van der Waals surface area contributed by atoms with Crippen molar-refractivity contribution < 1.29 is 9.90 Å². The van der Waals surface area contributed by atoms with Gasteiger partial charge in [-0.2, -0.15) is 0 Å². The van der Waals surface area contributed by atoms with Crippen molar-refractivity contribution in [1.29, 1.82) is 0 Å². The van der Waals surface area contributed by atoms with Gasteiger partial charge in [-0.05, 0) is 0 Å². The first-order chi connectivity index (χ1) is 12.1. The Morgan fingerprint density at radius 1 is 0.731 bits per heavy atom. The second kappa shape index (κ2) is 10.9. The summed E-state index contributed by atoms with van der Waals surface area (Å²) in [5, 5.41) is 11.9. The zero-order valence-corrected chi connectivity index (χ0v) is 17.8. The molecule has 0 unspecified atom stereocenters. The first kappa shape index (κ1) is 22.1. The molecule has 0 aliphatic rings. The van der Waals surface area contributed by atoms with E-state index in [9.17, 15) is 0 Å². The van der Waals surface area contributed by atoms with Gasteiger partial charge in [-0.25, -0.2) is 0 Å². The van der Waals surface area contributed by atoms with Crippen LogP contribution in [0.15, 0.2) is 91.0 Å². The van der Waals surface area contributed by atoms with E-state index in [2.05, 4.69) is 97.9 Å². The molecule has 4 heteroatoms. The standard InChI is InChI=1S/C20H21P.C2H4O2.BrH/c1-2-21(18-12-6-3-7-13-18,19-14-8-4-9-15-19)20-16-10-5-11-17-20;1-2(3)4;/h3-17,21H,2H2,1H3;1H3,(H,3,4);1H. The molecular weight excluding hydrogens is 407 g/mol. The average Bonchev–Trinajstić information content (AvgIpc) is 2.65. The van der Waals surface area contributed by atoms with E-state index in [1.165, 1.54) is 22.1 Å². The van der Waals surface area contributed by atoms with Gasteiger partial charge in [0.2, 0.25) is 0 Å². The molecule has 0 spiro atoms. The van der Waals surface area contributed by atoms with Crippen molar-refractivity contribution in [1.82, 2.24) is 0 Å². The Morgan fingerprint density at radius 2 is 0.962 bits per heavy atom. The summed E-state index contributed by atoms with van der Waals surface area (Å²) in [6.07, 6.45) is 1.17. The predicted molar refractivity (Wildman–Crippen MR) is 121 cm³/mol. The third-order valence-corrected chi connectivity index (χ3v) is 9.35. The van der Waals surface area contributed by atoms with Crippen LogP contribution in [-0.2, 0) is 4.79 Å². The number of carbonyl (C=O) groups is 1. The van der Waals surface area contributed by atoms with Gasteiger partial charge < -0.3 is 5.11 Å². The maximum absolute atomic E-state index is 9.00. The summed E-state index contributed by atoms with van der Waals surface area (Å²) < 4.78 is 0. The number of hydrogen-bond acceptors (Lipinski definition) is 1. The predicted octanol–water partition coefficient (Wildman–Crippen LogP) is 4.40. The fourth-order valence-corrected chi connectivity index (χ4v) is 7.79. The van der Waals surface area contributed by atoms with Crippen LogP contribution >= 0.6 is 24.2 Å². The number of aliphatic carboxylic acids is 1. The van der Waals surface area contributed by atoms with Crippen molar-refractivity contribution in [3.63, 3.8) is 0 Å². The number of carboxylic acids is 1. The topological polar surface area (TPSA) is 37.3 Å². The van der Waals surface area contributed by atoms with E-state index in [-0.39, 0.29) is 17.0 Å². The zero-order valence-electron chi connectivity index (χ0n) is 15.1. The third kappa shape index (κ3) is 5.27. The molecule has 3 aromatic carbocycles. The molecule has 2 nitrogen and oxygen atoms in total. The molecule has 138 valence electrons. The number of hydrogen-bond donors (Lipinski definition) is 1. The quantitative estimate of drug-likeness (QED) is 0.620. The van der Waals surface area contributed by atoms with Crippen LogP contribution in [0.25, 0.3) is 0 Å². The van der Waals surface area contributed by atoms with Crippen LogP contribution < -0.4 is 15.9 Å². The van der Waals surface area contributed by atoms with Gasteiger partial charge in [-0.3, -0.25) is 4.79 Å². The van der Waals surface area contributed by atoms with Crippen molar-refractivity contribution in [2.24, 2.45) is 0 Å². The molecule has 0 aromatic heterocycles. The van der Waals surface area contributed by atoms with E-state index in [1.807, 2.05) is 0 Å². The Balaban J connectivity index is 0.000000616. The fourth-order valence-electron chi connectivity index (χ4n) is 3.28. The van der Waals surface area contributed by atoms with Crippen molar-refractivity contribution >= 4 is 46.1 Å². The van der Waals surface area contributed by atoms with Crippen LogP contribution in [0.3, 0.4) is 0 Å². The van der Waals surface area contributed by atoms with E-state index >= 15 is 0 Å². The van der Waals surface area contributed by atoms with Gasteiger partial charge >= 0.3 is 127 Å². The Morgan fingerprint density at radius 3 is 1.15 bits per heavy atom. The summed E-state index contributed by atoms with van der Waals surface area (Å²) in [7, 11) is -1.90. The SMILES string of the molecule is Br.CC(=O)O.CC[PH](c1ccccc1)(c1ccccc1)c1ccccc1. The molecule has 0 radical (unpaired) electrons. The number of rotatable bonds is 4. The summed E-state index contributed by atoms with van der Waals surface area (Å²) in [5.74, 6) is -0.833. The first-order valence-corrected chi connectivity index (χ1v) is 10.7. The summed E-state index contributed by atoms with van der Waals surface area (Å²) >= 11 is 0. The van der Waals surface area contributed by atoms with E-state index < -0.39 is 13.2 Å². The van der Waals surface area contributed by atoms with E-state index in [4.69, 9.17) is 9.90 Å². The summed E-state index contributed by atoms with van der Waals surface area (Å²) in [6, 6.07) is 33.1. The van der Waals surface area contributed by atoms with E-state index in [0.29, 0.717) is 0 Å². The Kier molecular flexibility index (Phi) is 9.26. The number of carboxylic acid groups (broad SMARTS) is 1. The van der Waals surface area contributed by atoms with Crippen molar-refractivity contribution in [3.05, 3.63) is 91.0 Å². The summed E-state index contributed by atoms with van der Waals surface area (Å²) in [6.45, 7) is 3.42. The molecule has 0 saturated heterocycles. The van der Waals surface area contributed by atoms with Crippen molar-refractivity contribution in [3.8, 4) is 0 Å². The van der Waals surface area contributed by atoms with Crippen LogP contribution in [0.4, 0.5) is 0 Å². The van der Waals surface area contributed by atoms with Gasteiger partial charge in [0.15, 0.2) is 0 Å². The second-order valence-electron chi connectivity index (χ2n) is 5.88. The van der Waals surface area contributed by atoms with Crippen LogP contribution in [0.1, 0.15) is 13.8 Å². The van der Waals surface area contributed by atoms with Gasteiger partial charge in [0.05, 0.1) is 0 Å². The molecule has 1 N–H and O–H groups in total. The van der Waals surface area contributed by atoms with Gasteiger partial charge in [-0.15, -0.1) is 17.0 Å². The van der Waals surface area contributed by atoms with Gasteiger partial charge in [0.25, 0.3) is 5.97 Å². The molecule has 0 saturated carbocycles. The van der Waals surface area contributed by atoms with Crippen LogP contribution in [0.5, 0.6) is 0 Å².